The lowest BCUT2D eigenvalue weighted by Gasteiger charge is -2.09. The van der Waals surface area contributed by atoms with Crippen molar-refractivity contribution in [1.29, 1.82) is 0 Å². The highest BCUT2D eigenvalue weighted by molar-refractivity contribution is 5.97. The highest BCUT2D eigenvalue weighted by Gasteiger charge is 2.07. The fourth-order valence-corrected chi connectivity index (χ4v) is 2.23. The minimum atomic E-state index is 1.08. The Hall–Kier alpha value is -2.15. The number of rotatable bonds is 1. The molecule has 17 heavy (non-hydrogen) atoms. The molecule has 0 saturated heterocycles. The topological polar surface area (TPSA) is 12.9 Å². The first-order chi connectivity index (χ1) is 8.36. The Bertz CT molecular complexity index is 657. The molecule has 3 rings (SSSR count). The first-order valence-corrected chi connectivity index (χ1v) is 5.76. The van der Waals surface area contributed by atoms with E-state index < -0.39 is 0 Å². The molecule has 0 saturated carbocycles. The molecule has 0 aliphatic carbocycles. The van der Waals surface area contributed by atoms with E-state index in [1.54, 1.807) is 0 Å². The predicted octanol–water partition coefficient (Wildman–Crippen LogP) is 4.21. The smallest absolute Gasteiger partial charge is 0.0457 e. The summed E-state index contributed by atoms with van der Waals surface area (Å²) >= 11 is 0. The van der Waals surface area contributed by atoms with Crippen LogP contribution in [0.1, 0.15) is 5.69 Å². The minimum absolute atomic E-state index is 1.08. The van der Waals surface area contributed by atoms with Crippen molar-refractivity contribution in [3.05, 3.63) is 66.5 Å². The lowest BCUT2D eigenvalue weighted by molar-refractivity contribution is 1.23. The first-order valence-electron chi connectivity index (χ1n) is 5.76. The van der Waals surface area contributed by atoms with E-state index in [-0.39, 0.29) is 0 Å². The van der Waals surface area contributed by atoms with Crippen LogP contribution in [0.3, 0.4) is 0 Å². The second-order valence-corrected chi connectivity index (χ2v) is 4.17. The highest BCUT2D eigenvalue weighted by atomic mass is 14.7. The molecule has 0 amide bonds. The van der Waals surface area contributed by atoms with E-state index in [2.05, 4.69) is 54.4 Å². The molecule has 1 aromatic heterocycles. The van der Waals surface area contributed by atoms with Gasteiger partial charge in [-0.2, -0.15) is 0 Å². The Morgan fingerprint density at radius 1 is 0.824 bits per heavy atom. The molecule has 0 atom stereocenters. The molecule has 0 aliphatic heterocycles. The van der Waals surface area contributed by atoms with Gasteiger partial charge >= 0.3 is 0 Å². The molecule has 0 radical (unpaired) electrons. The summed E-state index contributed by atoms with van der Waals surface area (Å²) in [6.45, 7) is 2.06. The second-order valence-electron chi connectivity index (χ2n) is 4.17. The lowest BCUT2D eigenvalue weighted by atomic mass is 9.98. The molecule has 3 aromatic rings. The normalized spacial score (nSPS) is 10.6. The van der Waals surface area contributed by atoms with Crippen LogP contribution in [0.2, 0.25) is 0 Å². The van der Waals surface area contributed by atoms with Gasteiger partial charge in [-0.05, 0) is 17.9 Å². The van der Waals surface area contributed by atoms with Crippen molar-refractivity contribution in [2.45, 2.75) is 6.92 Å². The van der Waals surface area contributed by atoms with Gasteiger partial charge in [0.2, 0.25) is 0 Å². The maximum absolute atomic E-state index is 4.48. The van der Waals surface area contributed by atoms with Crippen molar-refractivity contribution in [3.8, 4) is 11.1 Å². The number of hydrogen-bond acceptors (Lipinski definition) is 1. The Morgan fingerprint density at radius 2 is 1.53 bits per heavy atom. The van der Waals surface area contributed by atoms with Gasteiger partial charge in [0.25, 0.3) is 0 Å². The highest BCUT2D eigenvalue weighted by Crippen LogP contribution is 2.30. The predicted molar refractivity (Wildman–Crippen MR) is 71.9 cm³/mol. The zero-order chi connectivity index (χ0) is 11.7. The average molecular weight is 219 g/mol. The van der Waals surface area contributed by atoms with Crippen LogP contribution >= 0.6 is 0 Å². The molecule has 0 fully saturated rings. The lowest BCUT2D eigenvalue weighted by Crippen LogP contribution is -1.89. The number of hydrogen-bond donors (Lipinski definition) is 0. The summed E-state index contributed by atoms with van der Waals surface area (Å²) in [4.78, 5) is 4.48. The van der Waals surface area contributed by atoms with E-state index in [1.807, 2.05) is 18.3 Å². The molecule has 0 spiro atoms. The summed E-state index contributed by atoms with van der Waals surface area (Å²) in [7, 11) is 0. The Balaban J connectivity index is 2.39. The third-order valence-corrected chi connectivity index (χ3v) is 3.05. The van der Waals surface area contributed by atoms with Crippen LogP contribution in [-0.2, 0) is 0 Å². The van der Waals surface area contributed by atoms with Crippen molar-refractivity contribution in [2.75, 3.05) is 0 Å². The Labute approximate surface area is 101 Å². The number of pyridine rings is 1. The summed E-state index contributed by atoms with van der Waals surface area (Å²) in [6.07, 6.45) is 1.94. The van der Waals surface area contributed by atoms with Crippen molar-refractivity contribution in [2.24, 2.45) is 0 Å². The largest absolute Gasteiger partial charge is 0.260 e. The number of aryl methyl sites for hydroxylation is 1. The summed E-state index contributed by atoms with van der Waals surface area (Å²) in [6, 6.07) is 18.8. The van der Waals surface area contributed by atoms with E-state index >= 15 is 0 Å². The monoisotopic (exact) mass is 219 g/mol. The van der Waals surface area contributed by atoms with E-state index in [1.165, 1.54) is 21.9 Å². The zero-order valence-electron chi connectivity index (χ0n) is 9.72. The van der Waals surface area contributed by atoms with Crippen LogP contribution in [0.5, 0.6) is 0 Å². The second kappa shape index (κ2) is 4.02. The van der Waals surface area contributed by atoms with Crippen molar-refractivity contribution in [1.82, 2.24) is 4.98 Å². The molecule has 1 nitrogen and oxygen atoms in total. The van der Waals surface area contributed by atoms with E-state index in [0.29, 0.717) is 0 Å². The van der Waals surface area contributed by atoms with Gasteiger partial charge < -0.3 is 0 Å². The third-order valence-electron chi connectivity index (χ3n) is 3.05. The van der Waals surface area contributed by atoms with Gasteiger partial charge in [0.1, 0.15) is 0 Å². The molecule has 1 heteroatoms. The number of aromatic nitrogens is 1. The summed E-state index contributed by atoms with van der Waals surface area (Å²) in [5, 5.41) is 2.46. The standard InChI is InChI=1S/C16H13N/c1-12-16(13-7-3-2-4-8-13)15-10-6-5-9-14(15)11-17-12/h2-11H,1H3. The number of nitrogens with zero attached hydrogens (tertiary/aromatic N) is 1. The van der Waals surface area contributed by atoms with Crippen LogP contribution in [0.25, 0.3) is 21.9 Å². The molecular formula is C16H13N. The van der Waals surface area contributed by atoms with Gasteiger partial charge in [0, 0.05) is 22.8 Å². The van der Waals surface area contributed by atoms with Crippen LogP contribution < -0.4 is 0 Å². The Morgan fingerprint density at radius 3 is 2.35 bits per heavy atom. The first kappa shape index (κ1) is 10.0. The molecule has 1 heterocycles. The fraction of sp³-hybridized carbons (Fsp3) is 0.0625. The van der Waals surface area contributed by atoms with Crippen molar-refractivity contribution in [3.63, 3.8) is 0 Å². The number of benzene rings is 2. The van der Waals surface area contributed by atoms with Crippen LogP contribution in [0, 0.1) is 6.92 Å². The quantitative estimate of drug-likeness (QED) is 0.597. The van der Waals surface area contributed by atoms with Crippen molar-refractivity contribution < 1.29 is 0 Å². The van der Waals surface area contributed by atoms with Crippen LogP contribution in [0.4, 0.5) is 0 Å². The van der Waals surface area contributed by atoms with Crippen LogP contribution in [-0.4, -0.2) is 4.98 Å². The van der Waals surface area contributed by atoms with Gasteiger partial charge in [-0.25, -0.2) is 0 Å². The summed E-state index contributed by atoms with van der Waals surface area (Å²) < 4.78 is 0. The minimum Gasteiger partial charge on any atom is -0.260 e. The van der Waals surface area contributed by atoms with Gasteiger partial charge in [-0.15, -0.1) is 0 Å². The maximum Gasteiger partial charge on any atom is 0.0457 e. The van der Waals surface area contributed by atoms with Crippen LogP contribution in [0.15, 0.2) is 60.8 Å². The van der Waals surface area contributed by atoms with Gasteiger partial charge in [0.15, 0.2) is 0 Å². The van der Waals surface area contributed by atoms with Crippen molar-refractivity contribution >= 4 is 10.8 Å². The third kappa shape index (κ3) is 1.70. The summed E-state index contributed by atoms with van der Waals surface area (Å²) in [5.74, 6) is 0. The molecule has 0 unspecified atom stereocenters. The Kier molecular flexibility index (Phi) is 2.37. The molecule has 0 aliphatic rings. The van der Waals surface area contributed by atoms with Gasteiger partial charge in [-0.1, -0.05) is 54.6 Å². The van der Waals surface area contributed by atoms with E-state index in [9.17, 15) is 0 Å². The molecule has 0 bridgehead atoms. The fourth-order valence-electron chi connectivity index (χ4n) is 2.23. The molecular weight excluding hydrogens is 206 g/mol. The zero-order valence-corrected chi connectivity index (χ0v) is 9.72. The molecule has 0 N–H and O–H groups in total. The maximum atomic E-state index is 4.48. The van der Waals surface area contributed by atoms with Gasteiger partial charge in [-0.3, -0.25) is 4.98 Å². The average Bonchev–Trinajstić information content (AvgIpc) is 2.39. The molecule has 2 aromatic carbocycles. The summed E-state index contributed by atoms with van der Waals surface area (Å²) in [5.41, 5.74) is 3.55. The molecule has 82 valence electrons. The van der Waals surface area contributed by atoms with E-state index in [4.69, 9.17) is 0 Å². The SMILES string of the molecule is Cc1ncc2ccccc2c1-c1ccccc1. The number of fused-ring (bicyclic) bond motifs is 1. The van der Waals surface area contributed by atoms with E-state index in [0.717, 1.165) is 5.69 Å². The van der Waals surface area contributed by atoms with Gasteiger partial charge in [0.05, 0.1) is 0 Å².